The van der Waals surface area contributed by atoms with Crippen LogP contribution in [0.1, 0.15) is 5.56 Å². The molecule has 0 spiro atoms. The van der Waals surface area contributed by atoms with Gasteiger partial charge in [-0.2, -0.15) is 0 Å². The van der Waals surface area contributed by atoms with Crippen molar-refractivity contribution in [1.82, 2.24) is 14.7 Å². The molecule has 7 heteroatoms. The summed E-state index contributed by atoms with van der Waals surface area (Å²) in [7, 11) is 2.80. The Morgan fingerprint density at radius 1 is 1.00 bits per heavy atom. The first-order valence-corrected chi connectivity index (χ1v) is 8.25. The van der Waals surface area contributed by atoms with Crippen molar-refractivity contribution in [3.63, 3.8) is 0 Å². The third-order valence-electron chi connectivity index (χ3n) is 3.93. The predicted molar refractivity (Wildman–Crippen MR) is 87.3 cm³/mol. The summed E-state index contributed by atoms with van der Waals surface area (Å²) in [6, 6.07) is 9.30. The number of hydrogen-bond acceptors (Lipinski definition) is 5. The highest BCUT2D eigenvalue weighted by Gasteiger charge is 2.42. The Bertz CT molecular complexity index is 676. The molecular weight excluding hydrogens is 314 g/mol. The van der Waals surface area contributed by atoms with Crippen molar-refractivity contribution in [2.75, 3.05) is 26.4 Å². The number of barbiturate groups is 1. The van der Waals surface area contributed by atoms with E-state index in [1.54, 1.807) is 0 Å². The fourth-order valence-electron chi connectivity index (χ4n) is 2.64. The zero-order valence-corrected chi connectivity index (χ0v) is 13.8. The van der Waals surface area contributed by atoms with Crippen LogP contribution in [0.5, 0.6) is 0 Å². The van der Waals surface area contributed by atoms with Crippen molar-refractivity contribution in [2.24, 2.45) is 0 Å². The van der Waals surface area contributed by atoms with E-state index in [0.29, 0.717) is 11.6 Å². The van der Waals surface area contributed by atoms with Crippen molar-refractivity contribution in [2.45, 2.75) is 6.54 Å². The van der Waals surface area contributed by atoms with Crippen LogP contribution < -0.4 is 0 Å². The Kier molecular flexibility index (Phi) is 4.12. The zero-order chi connectivity index (χ0) is 16.6. The van der Waals surface area contributed by atoms with Gasteiger partial charge in [-0.15, -0.1) is 11.8 Å². The molecular formula is C16H17N3O3S. The Morgan fingerprint density at radius 2 is 1.61 bits per heavy atom. The van der Waals surface area contributed by atoms with Gasteiger partial charge in [-0.05, 0) is 5.56 Å². The maximum Gasteiger partial charge on any atom is 0.333 e. The van der Waals surface area contributed by atoms with Crippen LogP contribution in [0.4, 0.5) is 4.79 Å². The van der Waals surface area contributed by atoms with Crippen LogP contribution in [0, 0.1) is 0 Å². The lowest BCUT2D eigenvalue weighted by Crippen LogP contribution is -2.53. The van der Waals surface area contributed by atoms with E-state index in [-0.39, 0.29) is 5.57 Å². The molecule has 0 saturated carbocycles. The lowest BCUT2D eigenvalue weighted by Gasteiger charge is -2.31. The molecule has 0 N–H and O–H groups in total. The summed E-state index contributed by atoms with van der Waals surface area (Å²) in [6.07, 6.45) is 0. The van der Waals surface area contributed by atoms with Gasteiger partial charge < -0.3 is 4.90 Å². The van der Waals surface area contributed by atoms with Gasteiger partial charge >= 0.3 is 6.03 Å². The minimum atomic E-state index is -0.595. The number of thioether (sulfide) groups is 1. The van der Waals surface area contributed by atoms with Crippen LogP contribution in [0.2, 0.25) is 0 Å². The maximum atomic E-state index is 12.4. The van der Waals surface area contributed by atoms with E-state index in [1.807, 2.05) is 35.2 Å². The summed E-state index contributed by atoms with van der Waals surface area (Å²) in [5, 5.41) is 0.662. The Labute approximate surface area is 138 Å². The average Bonchev–Trinajstić information content (AvgIpc) is 3.00. The summed E-state index contributed by atoms with van der Waals surface area (Å²) in [5.74, 6) is -0.241. The highest BCUT2D eigenvalue weighted by Crippen LogP contribution is 2.34. The van der Waals surface area contributed by atoms with E-state index in [9.17, 15) is 14.4 Å². The normalized spacial score (nSPS) is 19.2. The van der Waals surface area contributed by atoms with E-state index >= 15 is 0 Å². The summed E-state index contributed by atoms with van der Waals surface area (Å²) in [5.41, 5.74) is 1.20. The molecule has 2 aliphatic heterocycles. The van der Waals surface area contributed by atoms with Crippen LogP contribution in [0.15, 0.2) is 40.9 Å². The van der Waals surface area contributed by atoms with E-state index < -0.39 is 17.8 Å². The molecule has 0 unspecified atom stereocenters. The van der Waals surface area contributed by atoms with Crippen molar-refractivity contribution in [1.29, 1.82) is 0 Å². The minimum Gasteiger partial charge on any atom is -0.360 e. The molecule has 4 amide bonds. The van der Waals surface area contributed by atoms with Crippen LogP contribution in [0.3, 0.4) is 0 Å². The molecule has 2 aliphatic rings. The molecule has 0 atom stereocenters. The van der Waals surface area contributed by atoms with Gasteiger partial charge in [0, 0.05) is 32.9 Å². The number of rotatable bonds is 2. The van der Waals surface area contributed by atoms with E-state index in [4.69, 9.17) is 0 Å². The quantitative estimate of drug-likeness (QED) is 0.607. The topological polar surface area (TPSA) is 60.9 Å². The van der Waals surface area contributed by atoms with E-state index in [2.05, 4.69) is 0 Å². The number of urea groups is 1. The average molecular weight is 331 g/mol. The molecule has 0 bridgehead atoms. The predicted octanol–water partition coefficient (Wildman–Crippen LogP) is 1.50. The first-order chi connectivity index (χ1) is 11.0. The van der Waals surface area contributed by atoms with Gasteiger partial charge in [-0.3, -0.25) is 19.4 Å². The maximum absolute atomic E-state index is 12.4. The van der Waals surface area contributed by atoms with Gasteiger partial charge in [-0.25, -0.2) is 4.79 Å². The number of benzene rings is 1. The molecule has 0 aliphatic carbocycles. The number of nitrogens with zero attached hydrogens (tertiary/aromatic N) is 3. The van der Waals surface area contributed by atoms with Gasteiger partial charge in [0.05, 0.1) is 5.03 Å². The number of likely N-dealkylation sites (N-methyl/N-ethyl adjacent to an activating group) is 2. The first-order valence-electron chi connectivity index (χ1n) is 7.26. The van der Waals surface area contributed by atoms with Crippen molar-refractivity contribution < 1.29 is 14.4 Å². The monoisotopic (exact) mass is 331 g/mol. The Balaban J connectivity index is 1.96. The zero-order valence-electron chi connectivity index (χ0n) is 13.0. The van der Waals surface area contributed by atoms with Gasteiger partial charge in [-0.1, -0.05) is 30.3 Å². The largest absolute Gasteiger partial charge is 0.360 e. The second kappa shape index (κ2) is 6.08. The fraction of sp³-hybridized carbons (Fsp3) is 0.312. The highest BCUT2D eigenvalue weighted by molar-refractivity contribution is 8.03. The molecule has 0 aromatic heterocycles. The molecule has 2 fully saturated rings. The Hall–Kier alpha value is -2.28. The minimum absolute atomic E-state index is 0.0908. The smallest absolute Gasteiger partial charge is 0.333 e. The van der Waals surface area contributed by atoms with Crippen LogP contribution in [0.25, 0.3) is 0 Å². The number of amides is 4. The molecule has 2 saturated heterocycles. The van der Waals surface area contributed by atoms with Crippen molar-refractivity contribution >= 4 is 29.6 Å². The van der Waals surface area contributed by atoms with Crippen molar-refractivity contribution in [3.05, 3.63) is 46.5 Å². The van der Waals surface area contributed by atoms with Gasteiger partial charge in [0.25, 0.3) is 11.8 Å². The lowest BCUT2D eigenvalue weighted by molar-refractivity contribution is -0.134. The number of imide groups is 2. The number of hydrogen-bond donors (Lipinski definition) is 0. The fourth-order valence-corrected chi connectivity index (χ4v) is 3.80. The van der Waals surface area contributed by atoms with Gasteiger partial charge in [0.15, 0.2) is 0 Å². The van der Waals surface area contributed by atoms with Crippen LogP contribution >= 0.6 is 11.8 Å². The summed E-state index contributed by atoms with van der Waals surface area (Å²) in [6.45, 7) is 1.40. The molecule has 120 valence electrons. The standard InChI is InChI=1S/C16H17N3O3S/c1-17-13(20)12(14(21)18(2)16(17)22)15-19(8-9-23-15)10-11-6-4-3-5-7-11/h3-7H,8-10H2,1-2H3. The summed E-state index contributed by atoms with van der Waals surface area (Å²) >= 11 is 1.49. The lowest BCUT2D eigenvalue weighted by atomic mass is 10.1. The van der Waals surface area contributed by atoms with E-state index in [0.717, 1.165) is 27.7 Å². The van der Waals surface area contributed by atoms with Gasteiger partial charge in [0.2, 0.25) is 0 Å². The summed E-state index contributed by atoms with van der Waals surface area (Å²) in [4.78, 5) is 40.7. The van der Waals surface area contributed by atoms with Crippen LogP contribution in [-0.2, 0) is 16.1 Å². The second-order valence-electron chi connectivity index (χ2n) is 5.45. The Morgan fingerprint density at radius 3 is 2.22 bits per heavy atom. The third kappa shape index (κ3) is 2.72. The third-order valence-corrected chi connectivity index (χ3v) is 5.05. The molecule has 23 heavy (non-hydrogen) atoms. The molecule has 0 radical (unpaired) electrons. The second-order valence-corrected chi connectivity index (χ2v) is 6.53. The van der Waals surface area contributed by atoms with E-state index in [1.165, 1.54) is 25.9 Å². The van der Waals surface area contributed by atoms with Gasteiger partial charge in [0.1, 0.15) is 5.57 Å². The van der Waals surface area contributed by atoms with Crippen LogP contribution in [-0.4, -0.2) is 58.9 Å². The number of carbonyl (C=O) groups is 3. The highest BCUT2D eigenvalue weighted by atomic mass is 32.2. The van der Waals surface area contributed by atoms with Crippen molar-refractivity contribution in [3.8, 4) is 0 Å². The first kappa shape index (κ1) is 15.6. The molecule has 1 aromatic carbocycles. The molecule has 2 heterocycles. The molecule has 3 rings (SSSR count). The molecule has 1 aromatic rings. The molecule has 6 nitrogen and oxygen atoms in total. The number of carbonyl (C=O) groups excluding carboxylic acids is 3. The summed E-state index contributed by atoms with van der Waals surface area (Å²) < 4.78 is 0. The SMILES string of the molecule is CN1C(=O)C(=C2SCCN2Cc2ccccc2)C(=O)N(C)C1=O.